The summed E-state index contributed by atoms with van der Waals surface area (Å²) in [6.45, 7) is 0. The lowest BCUT2D eigenvalue weighted by atomic mass is 10.0. The van der Waals surface area contributed by atoms with Crippen LogP contribution in [-0.2, 0) is 6.42 Å². The van der Waals surface area contributed by atoms with Gasteiger partial charge in [-0.1, -0.05) is 6.07 Å². The average molecular weight is 174 g/mol. The van der Waals surface area contributed by atoms with E-state index in [9.17, 15) is 5.11 Å². The van der Waals surface area contributed by atoms with Gasteiger partial charge in [-0.05, 0) is 30.0 Å². The van der Waals surface area contributed by atoms with Crippen LogP contribution in [0.25, 0.3) is 0 Å². The second kappa shape index (κ2) is 2.75. The van der Waals surface area contributed by atoms with Crippen molar-refractivity contribution < 1.29 is 5.11 Å². The van der Waals surface area contributed by atoms with E-state index in [1.165, 1.54) is 0 Å². The molecule has 1 aliphatic carbocycles. The van der Waals surface area contributed by atoms with Crippen molar-refractivity contribution in [2.24, 2.45) is 5.73 Å². The number of hydrogen-bond acceptors (Lipinski definition) is 3. The minimum Gasteiger partial charge on any atom is -0.507 e. The van der Waals surface area contributed by atoms with Gasteiger partial charge in [-0.3, -0.25) is 0 Å². The molecule has 2 rings (SSSR count). The highest BCUT2D eigenvalue weighted by Crippen LogP contribution is 2.35. The molecule has 0 spiro atoms. The van der Waals surface area contributed by atoms with Crippen LogP contribution in [0.1, 0.15) is 29.2 Å². The van der Waals surface area contributed by atoms with Crippen molar-refractivity contribution in [2.45, 2.75) is 18.9 Å². The van der Waals surface area contributed by atoms with Crippen molar-refractivity contribution in [1.82, 2.24) is 0 Å². The Morgan fingerprint density at radius 1 is 1.54 bits per heavy atom. The molecule has 0 radical (unpaired) electrons. The molecule has 0 heterocycles. The molecular formula is C10H10N2O. The predicted octanol–water partition coefficient (Wildman–Crippen LogP) is 1.21. The minimum atomic E-state index is -0.0863. The molecule has 1 aliphatic rings. The van der Waals surface area contributed by atoms with Crippen LogP contribution < -0.4 is 5.73 Å². The van der Waals surface area contributed by atoms with Gasteiger partial charge in [-0.25, -0.2) is 0 Å². The number of fused-ring (bicyclic) bond motifs is 1. The summed E-state index contributed by atoms with van der Waals surface area (Å²) in [5.74, 6) is 0.0404. The molecule has 1 aromatic rings. The van der Waals surface area contributed by atoms with E-state index in [1.54, 1.807) is 6.07 Å². The maximum atomic E-state index is 9.41. The number of nitrogens with two attached hydrogens (primary N) is 1. The minimum absolute atomic E-state index is 0.0404. The molecule has 0 saturated carbocycles. The van der Waals surface area contributed by atoms with Crippen molar-refractivity contribution in [2.75, 3.05) is 0 Å². The molecule has 3 N–H and O–H groups in total. The maximum Gasteiger partial charge on any atom is 0.133 e. The fourth-order valence-corrected chi connectivity index (χ4v) is 1.87. The standard InChI is InChI=1S/C10H10N2O/c11-5-7-9(13)4-2-6-1-3-8(12)10(6)7/h2,4,8,13H,1,3,12H2/t8-/m1/s1. The van der Waals surface area contributed by atoms with E-state index in [2.05, 4.69) is 0 Å². The Morgan fingerprint density at radius 2 is 2.31 bits per heavy atom. The molecule has 0 saturated heterocycles. The zero-order valence-electron chi connectivity index (χ0n) is 7.12. The number of aromatic hydroxyl groups is 1. The van der Waals surface area contributed by atoms with Gasteiger partial charge in [0.2, 0.25) is 0 Å². The zero-order chi connectivity index (χ0) is 9.42. The Kier molecular flexibility index (Phi) is 1.71. The Morgan fingerprint density at radius 3 is 3.00 bits per heavy atom. The third kappa shape index (κ3) is 1.07. The molecule has 13 heavy (non-hydrogen) atoms. The number of rotatable bonds is 0. The van der Waals surface area contributed by atoms with Crippen LogP contribution in [0.5, 0.6) is 5.75 Å². The topological polar surface area (TPSA) is 70.0 Å². The van der Waals surface area contributed by atoms with Gasteiger partial charge in [-0.2, -0.15) is 5.26 Å². The van der Waals surface area contributed by atoms with E-state index >= 15 is 0 Å². The molecular weight excluding hydrogens is 164 g/mol. The molecule has 0 aliphatic heterocycles. The van der Waals surface area contributed by atoms with Crippen LogP contribution in [0.2, 0.25) is 0 Å². The number of hydrogen-bond donors (Lipinski definition) is 2. The number of benzene rings is 1. The van der Waals surface area contributed by atoms with Gasteiger partial charge in [0.1, 0.15) is 11.8 Å². The van der Waals surface area contributed by atoms with Gasteiger partial charge in [0.05, 0.1) is 5.56 Å². The predicted molar refractivity (Wildman–Crippen MR) is 48.1 cm³/mol. The lowest BCUT2D eigenvalue weighted by Crippen LogP contribution is -2.07. The molecule has 0 bridgehead atoms. The van der Waals surface area contributed by atoms with E-state index in [4.69, 9.17) is 11.0 Å². The fourth-order valence-electron chi connectivity index (χ4n) is 1.87. The molecule has 0 fully saturated rings. The summed E-state index contributed by atoms with van der Waals surface area (Å²) in [6, 6.07) is 5.32. The zero-order valence-corrected chi connectivity index (χ0v) is 7.12. The van der Waals surface area contributed by atoms with Gasteiger partial charge in [0.15, 0.2) is 0 Å². The number of phenolic OH excluding ortho intramolecular Hbond substituents is 1. The second-order valence-electron chi connectivity index (χ2n) is 3.29. The molecule has 1 aromatic carbocycles. The fraction of sp³-hybridized carbons (Fsp3) is 0.300. The van der Waals surface area contributed by atoms with Gasteiger partial charge in [0.25, 0.3) is 0 Å². The first-order chi connectivity index (χ1) is 6.24. The van der Waals surface area contributed by atoms with Crippen LogP contribution in [0.3, 0.4) is 0 Å². The van der Waals surface area contributed by atoms with Crippen molar-refractivity contribution in [3.05, 3.63) is 28.8 Å². The molecule has 1 atom stereocenters. The number of nitriles is 1. The summed E-state index contributed by atoms with van der Waals surface area (Å²) in [7, 11) is 0. The number of nitrogens with zero attached hydrogens (tertiary/aromatic N) is 1. The molecule has 0 aromatic heterocycles. The average Bonchev–Trinajstić information content (AvgIpc) is 2.49. The number of aryl methyl sites for hydroxylation is 1. The molecule has 66 valence electrons. The quantitative estimate of drug-likeness (QED) is 0.621. The monoisotopic (exact) mass is 174 g/mol. The van der Waals surface area contributed by atoms with E-state index in [-0.39, 0.29) is 11.8 Å². The lowest BCUT2D eigenvalue weighted by molar-refractivity contribution is 0.472. The second-order valence-corrected chi connectivity index (χ2v) is 3.29. The van der Waals surface area contributed by atoms with Gasteiger partial charge < -0.3 is 10.8 Å². The van der Waals surface area contributed by atoms with Crippen LogP contribution in [-0.4, -0.2) is 5.11 Å². The Balaban J connectivity index is 2.69. The summed E-state index contributed by atoms with van der Waals surface area (Å²) >= 11 is 0. The first-order valence-electron chi connectivity index (χ1n) is 4.24. The smallest absolute Gasteiger partial charge is 0.133 e. The van der Waals surface area contributed by atoms with Gasteiger partial charge in [-0.15, -0.1) is 0 Å². The van der Waals surface area contributed by atoms with Crippen molar-refractivity contribution >= 4 is 0 Å². The third-order valence-corrected chi connectivity index (χ3v) is 2.52. The van der Waals surface area contributed by atoms with E-state index in [0.29, 0.717) is 5.56 Å². The first-order valence-corrected chi connectivity index (χ1v) is 4.24. The highest BCUT2D eigenvalue weighted by Gasteiger charge is 2.24. The van der Waals surface area contributed by atoms with Crippen molar-refractivity contribution in [3.63, 3.8) is 0 Å². The summed E-state index contributed by atoms with van der Waals surface area (Å²) < 4.78 is 0. The Hall–Kier alpha value is -1.53. The first kappa shape index (κ1) is 8.09. The van der Waals surface area contributed by atoms with Crippen LogP contribution in [0.4, 0.5) is 0 Å². The summed E-state index contributed by atoms with van der Waals surface area (Å²) in [4.78, 5) is 0. The van der Waals surface area contributed by atoms with E-state index in [0.717, 1.165) is 24.0 Å². The van der Waals surface area contributed by atoms with Crippen LogP contribution in [0.15, 0.2) is 12.1 Å². The van der Waals surface area contributed by atoms with Crippen LogP contribution >= 0.6 is 0 Å². The lowest BCUT2D eigenvalue weighted by Gasteiger charge is -2.07. The van der Waals surface area contributed by atoms with Crippen molar-refractivity contribution in [1.29, 1.82) is 5.26 Å². The Bertz CT molecular complexity index is 393. The SMILES string of the molecule is N#Cc1c(O)ccc2c1[C@H](N)CC2. The summed E-state index contributed by atoms with van der Waals surface area (Å²) in [5, 5.41) is 18.2. The van der Waals surface area contributed by atoms with Gasteiger partial charge in [0, 0.05) is 6.04 Å². The normalized spacial score (nSPS) is 19.5. The largest absolute Gasteiger partial charge is 0.507 e. The van der Waals surface area contributed by atoms with E-state index in [1.807, 2.05) is 12.1 Å². The highest BCUT2D eigenvalue weighted by atomic mass is 16.3. The Labute approximate surface area is 76.4 Å². The molecule has 3 nitrogen and oxygen atoms in total. The highest BCUT2D eigenvalue weighted by molar-refractivity contribution is 5.54. The third-order valence-electron chi connectivity index (χ3n) is 2.52. The van der Waals surface area contributed by atoms with Crippen molar-refractivity contribution in [3.8, 4) is 11.8 Å². The summed E-state index contributed by atoms with van der Waals surface area (Å²) in [5.41, 5.74) is 8.11. The van der Waals surface area contributed by atoms with Crippen LogP contribution in [0, 0.1) is 11.3 Å². The molecule has 0 amide bonds. The molecule has 0 unspecified atom stereocenters. The van der Waals surface area contributed by atoms with Gasteiger partial charge >= 0.3 is 0 Å². The number of phenols is 1. The molecule has 3 heteroatoms. The maximum absolute atomic E-state index is 9.41. The summed E-state index contributed by atoms with van der Waals surface area (Å²) in [6.07, 6.45) is 1.78. The van der Waals surface area contributed by atoms with E-state index < -0.39 is 0 Å².